The zero-order valence-electron chi connectivity index (χ0n) is 19.6. The molecule has 3 rings (SSSR count). The summed E-state index contributed by atoms with van der Waals surface area (Å²) in [5.41, 5.74) is 2.16. The van der Waals surface area contributed by atoms with Gasteiger partial charge in [-0.2, -0.15) is 0 Å². The molecule has 0 atom stereocenters. The molecule has 1 fully saturated rings. The standard InChI is InChI=1S/C26H36N2O3S/c1-4-11-26(27-22(5-2)20-21-12-7-6-8-13-21)28-17-16-23-24(28)14-9-15-25(23)31-18-10-19-32(3,29)30/h4-5,9,11,14-17,21H,6-8,10,12-13,18-20H2,1-3H3/b11-4-,22-5+,27-26+. The third kappa shape index (κ3) is 6.83. The Morgan fingerprint density at radius 2 is 1.97 bits per heavy atom. The molecule has 0 amide bonds. The van der Waals surface area contributed by atoms with Crippen molar-refractivity contribution >= 4 is 26.6 Å². The van der Waals surface area contributed by atoms with Crippen LogP contribution in [0.4, 0.5) is 0 Å². The molecule has 6 heteroatoms. The maximum Gasteiger partial charge on any atom is 0.147 e. The number of allylic oxidation sites excluding steroid dienone is 4. The van der Waals surface area contributed by atoms with Crippen LogP contribution in [-0.2, 0) is 9.84 Å². The summed E-state index contributed by atoms with van der Waals surface area (Å²) in [6.45, 7) is 4.45. The third-order valence-electron chi connectivity index (χ3n) is 5.99. The minimum atomic E-state index is -2.97. The molecule has 0 radical (unpaired) electrons. The monoisotopic (exact) mass is 456 g/mol. The molecule has 0 bridgehead atoms. The van der Waals surface area contributed by atoms with E-state index < -0.39 is 9.84 Å². The number of fused-ring (bicyclic) bond motifs is 1. The highest BCUT2D eigenvalue weighted by Crippen LogP contribution is 2.30. The van der Waals surface area contributed by atoms with Gasteiger partial charge >= 0.3 is 0 Å². The van der Waals surface area contributed by atoms with Gasteiger partial charge in [-0.05, 0) is 56.9 Å². The lowest BCUT2D eigenvalue weighted by atomic mass is 9.86. The Hall–Kier alpha value is -2.34. The van der Waals surface area contributed by atoms with Gasteiger partial charge < -0.3 is 9.30 Å². The lowest BCUT2D eigenvalue weighted by molar-refractivity contribution is 0.321. The number of aromatic nitrogens is 1. The van der Waals surface area contributed by atoms with Crippen molar-refractivity contribution in [2.75, 3.05) is 18.6 Å². The summed E-state index contributed by atoms with van der Waals surface area (Å²) in [5, 5.41) is 0.998. The molecule has 1 saturated carbocycles. The summed E-state index contributed by atoms with van der Waals surface area (Å²) < 4.78 is 30.7. The Bertz CT molecular complexity index is 1090. The SMILES string of the molecule is C\C=C/C(=N\C(=C\C)CC1CCCCC1)n1ccc2c(OCCCS(C)(=O)=O)cccc21. The fourth-order valence-electron chi connectivity index (χ4n) is 4.35. The highest BCUT2D eigenvalue weighted by Gasteiger charge is 2.16. The van der Waals surface area contributed by atoms with E-state index in [4.69, 9.17) is 9.73 Å². The summed E-state index contributed by atoms with van der Waals surface area (Å²) in [5.74, 6) is 2.53. The predicted octanol–water partition coefficient (Wildman–Crippen LogP) is 6.15. The van der Waals surface area contributed by atoms with Crippen LogP contribution in [0, 0.1) is 5.92 Å². The van der Waals surface area contributed by atoms with Crippen molar-refractivity contribution in [2.45, 2.75) is 58.8 Å². The molecule has 0 saturated heterocycles. The first-order chi connectivity index (χ1) is 15.4. The zero-order valence-corrected chi connectivity index (χ0v) is 20.4. The van der Waals surface area contributed by atoms with Crippen LogP contribution in [0.1, 0.15) is 58.8 Å². The maximum atomic E-state index is 11.4. The smallest absolute Gasteiger partial charge is 0.147 e. The normalized spacial score (nSPS) is 16.8. The highest BCUT2D eigenvalue weighted by molar-refractivity contribution is 7.90. The van der Waals surface area contributed by atoms with Gasteiger partial charge in [0, 0.05) is 23.5 Å². The third-order valence-corrected chi connectivity index (χ3v) is 7.02. The van der Waals surface area contributed by atoms with Crippen LogP contribution in [-0.4, -0.2) is 37.4 Å². The Morgan fingerprint density at radius 3 is 2.66 bits per heavy atom. The van der Waals surface area contributed by atoms with Gasteiger partial charge in [0.2, 0.25) is 0 Å². The van der Waals surface area contributed by atoms with Crippen molar-refractivity contribution in [2.24, 2.45) is 10.9 Å². The van der Waals surface area contributed by atoms with Crippen molar-refractivity contribution in [3.05, 3.63) is 54.4 Å². The van der Waals surface area contributed by atoms with Gasteiger partial charge in [0.05, 0.1) is 17.9 Å². The molecule has 1 aliphatic carbocycles. The van der Waals surface area contributed by atoms with E-state index in [0.717, 1.165) is 40.5 Å². The van der Waals surface area contributed by atoms with Gasteiger partial charge in [-0.1, -0.05) is 50.3 Å². The molecular weight excluding hydrogens is 420 g/mol. The summed E-state index contributed by atoms with van der Waals surface area (Å²) in [7, 11) is -2.97. The fraction of sp³-hybridized carbons (Fsp3) is 0.500. The van der Waals surface area contributed by atoms with Gasteiger partial charge in [0.1, 0.15) is 21.4 Å². The van der Waals surface area contributed by atoms with Gasteiger partial charge in [-0.15, -0.1) is 0 Å². The van der Waals surface area contributed by atoms with Gasteiger partial charge in [-0.3, -0.25) is 0 Å². The Kier molecular flexibility index (Phi) is 8.74. The van der Waals surface area contributed by atoms with Gasteiger partial charge in [-0.25, -0.2) is 13.4 Å². The predicted molar refractivity (Wildman–Crippen MR) is 134 cm³/mol. The second kappa shape index (κ2) is 11.5. The average molecular weight is 457 g/mol. The van der Waals surface area contributed by atoms with Crippen molar-refractivity contribution < 1.29 is 13.2 Å². The van der Waals surface area contributed by atoms with Crippen LogP contribution in [0.25, 0.3) is 10.9 Å². The fourth-order valence-corrected chi connectivity index (χ4v) is 4.99. The Morgan fingerprint density at radius 1 is 1.19 bits per heavy atom. The quantitative estimate of drug-likeness (QED) is 0.258. The molecule has 2 aromatic rings. The van der Waals surface area contributed by atoms with E-state index >= 15 is 0 Å². The molecule has 0 unspecified atom stereocenters. The Balaban J connectivity index is 1.82. The second-order valence-corrected chi connectivity index (χ2v) is 10.9. The number of hydrogen-bond acceptors (Lipinski definition) is 4. The lowest BCUT2D eigenvalue weighted by Gasteiger charge is -2.21. The number of nitrogens with zero attached hydrogens (tertiary/aromatic N) is 2. The van der Waals surface area contributed by atoms with Crippen LogP contribution in [0.3, 0.4) is 0 Å². The van der Waals surface area contributed by atoms with E-state index in [0.29, 0.717) is 13.0 Å². The molecule has 5 nitrogen and oxygen atoms in total. The van der Waals surface area contributed by atoms with E-state index in [1.54, 1.807) is 0 Å². The molecule has 1 aliphatic rings. The molecule has 1 heterocycles. The van der Waals surface area contributed by atoms with Crippen LogP contribution in [0.15, 0.2) is 59.4 Å². The van der Waals surface area contributed by atoms with Crippen molar-refractivity contribution in [1.29, 1.82) is 0 Å². The minimum Gasteiger partial charge on any atom is -0.493 e. The molecular formula is C26H36N2O3S. The van der Waals surface area contributed by atoms with Crippen molar-refractivity contribution in [1.82, 2.24) is 4.57 Å². The number of ether oxygens (including phenoxy) is 1. The number of benzene rings is 1. The molecule has 0 aliphatic heterocycles. The molecule has 0 spiro atoms. The van der Waals surface area contributed by atoms with Crippen LogP contribution in [0.2, 0.25) is 0 Å². The summed E-state index contributed by atoms with van der Waals surface area (Å²) in [6, 6.07) is 8.00. The highest BCUT2D eigenvalue weighted by atomic mass is 32.2. The lowest BCUT2D eigenvalue weighted by Crippen LogP contribution is -2.11. The molecule has 0 N–H and O–H groups in total. The largest absolute Gasteiger partial charge is 0.493 e. The molecule has 1 aromatic heterocycles. The minimum absolute atomic E-state index is 0.134. The van der Waals surface area contributed by atoms with E-state index in [-0.39, 0.29) is 5.75 Å². The Labute approximate surface area is 192 Å². The number of sulfone groups is 1. The second-order valence-electron chi connectivity index (χ2n) is 8.66. The first kappa shape index (κ1) is 24.3. The van der Waals surface area contributed by atoms with Crippen LogP contribution in [0.5, 0.6) is 5.75 Å². The van der Waals surface area contributed by atoms with Crippen molar-refractivity contribution in [3.8, 4) is 5.75 Å². The first-order valence-corrected chi connectivity index (χ1v) is 13.7. The topological polar surface area (TPSA) is 60.7 Å². The summed E-state index contributed by atoms with van der Waals surface area (Å²) in [6.07, 6.45) is 17.6. The van der Waals surface area contributed by atoms with E-state index in [1.807, 2.05) is 43.5 Å². The maximum absolute atomic E-state index is 11.4. The summed E-state index contributed by atoms with van der Waals surface area (Å²) >= 11 is 0. The number of rotatable bonds is 9. The van der Waals surface area contributed by atoms with Crippen LogP contribution >= 0.6 is 0 Å². The molecule has 174 valence electrons. The summed E-state index contributed by atoms with van der Waals surface area (Å²) in [4.78, 5) is 5.05. The first-order valence-electron chi connectivity index (χ1n) is 11.7. The number of hydrogen-bond donors (Lipinski definition) is 0. The van der Waals surface area contributed by atoms with Crippen molar-refractivity contribution in [3.63, 3.8) is 0 Å². The number of aliphatic imine (C=N–C) groups is 1. The van der Waals surface area contributed by atoms with E-state index in [2.05, 4.69) is 23.6 Å². The molecule has 32 heavy (non-hydrogen) atoms. The van der Waals surface area contributed by atoms with Crippen LogP contribution < -0.4 is 4.74 Å². The molecule has 1 aromatic carbocycles. The van der Waals surface area contributed by atoms with E-state index in [1.165, 1.54) is 38.4 Å². The van der Waals surface area contributed by atoms with Gasteiger partial charge in [0.15, 0.2) is 0 Å². The zero-order chi connectivity index (χ0) is 23.0. The van der Waals surface area contributed by atoms with E-state index in [9.17, 15) is 8.42 Å². The van der Waals surface area contributed by atoms with Gasteiger partial charge in [0.25, 0.3) is 0 Å². The average Bonchev–Trinajstić information content (AvgIpc) is 3.20.